The van der Waals surface area contributed by atoms with Gasteiger partial charge in [-0.1, -0.05) is 24.3 Å². The lowest BCUT2D eigenvalue weighted by Gasteiger charge is -2.12. The Balaban J connectivity index is 1.33. The summed E-state index contributed by atoms with van der Waals surface area (Å²) in [6, 6.07) is 21.6. The Hall–Kier alpha value is -3.95. The zero-order valence-electron chi connectivity index (χ0n) is 18.3. The van der Waals surface area contributed by atoms with Crippen molar-refractivity contribution in [3.63, 3.8) is 0 Å². The number of aromatic nitrogens is 1. The molecule has 0 bridgehead atoms. The predicted octanol–water partition coefficient (Wildman–Crippen LogP) is 6.25. The molecule has 0 aliphatic carbocycles. The lowest BCUT2D eigenvalue weighted by Crippen LogP contribution is -2.34. The number of carbonyl (C=O) groups is 1. The maximum absolute atomic E-state index is 12.9. The number of benzene rings is 4. The summed E-state index contributed by atoms with van der Waals surface area (Å²) in [5, 5.41) is 17.5. The van der Waals surface area contributed by atoms with Crippen LogP contribution in [0.3, 0.4) is 0 Å². The molecule has 0 aliphatic heterocycles. The molecule has 1 aromatic heterocycles. The molecule has 3 N–H and O–H groups in total. The van der Waals surface area contributed by atoms with E-state index in [0.717, 1.165) is 10.8 Å². The molecular formula is C26H18BrN3O4S. The summed E-state index contributed by atoms with van der Waals surface area (Å²) >= 11 is 8.66. The van der Waals surface area contributed by atoms with Gasteiger partial charge < -0.3 is 19.6 Å². The largest absolute Gasteiger partial charge is 0.507 e. The molecule has 1 heterocycles. The summed E-state index contributed by atoms with van der Waals surface area (Å²) < 4.78 is 11.8. The van der Waals surface area contributed by atoms with Crippen molar-refractivity contribution >= 4 is 66.7 Å². The van der Waals surface area contributed by atoms with Crippen LogP contribution in [0.2, 0.25) is 0 Å². The average Bonchev–Trinajstić information content (AvgIpc) is 3.28. The number of nitrogens with zero attached hydrogens (tertiary/aromatic N) is 1. The quantitative estimate of drug-likeness (QED) is 0.229. The number of amides is 1. The molecular weight excluding hydrogens is 530 g/mol. The first kappa shape index (κ1) is 22.8. The fraction of sp³-hybridized carbons (Fsp3) is 0.0385. The summed E-state index contributed by atoms with van der Waals surface area (Å²) in [4.78, 5) is 17.5. The highest BCUT2D eigenvalue weighted by Gasteiger charge is 2.16. The molecule has 174 valence electrons. The van der Waals surface area contributed by atoms with Crippen molar-refractivity contribution in [2.24, 2.45) is 0 Å². The monoisotopic (exact) mass is 547 g/mol. The number of hydrogen-bond acceptors (Lipinski definition) is 6. The molecule has 35 heavy (non-hydrogen) atoms. The third kappa shape index (κ3) is 4.68. The van der Waals surface area contributed by atoms with Crippen molar-refractivity contribution in [3.8, 4) is 23.0 Å². The summed E-state index contributed by atoms with van der Waals surface area (Å²) in [6.45, 7) is 0. The Kier molecular flexibility index (Phi) is 6.10. The summed E-state index contributed by atoms with van der Waals surface area (Å²) in [6.07, 6.45) is 0. The normalized spacial score (nSPS) is 10.9. The van der Waals surface area contributed by atoms with E-state index in [0.29, 0.717) is 44.0 Å². The van der Waals surface area contributed by atoms with Crippen LogP contribution in [0.25, 0.3) is 33.3 Å². The van der Waals surface area contributed by atoms with Crippen LogP contribution in [-0.2, 0) is 0 Å². The SMILES string of the molecule is COc1cc2ccccc2cc1C(=O)NC(=S)Nc1ccc2oc(-c3ccc(O)c(Br)c3)nc2c1. The smallest absolute Gasteiger partial charge is 0.261 e. The van der Waals surface area contributed by atoms with Gasteiger partial charge in [-0.2, -0.15) is 0 Å². The fourth-order valence-corrected chi connectivity index (χ4v) is 4.26. The predicted molar refractivity (Wildman–Crippen MR) is 143 cm³/mol. The number of carbonyl (C=O) groups excluding carboxylic acids is 1. The number of phenolic OH excluding ortho intramolecular Hbond substituents is 1. The zero-order valence-corrected chi connectivity index (χ0v) is 20.7. The van der Waals surface area contributed by atoms with Crippen molar-refractivity contribution in [1.82, 2.24) is 10.3 Å². The number of thiocarbonyl (C=S) groups is 1. The average molecular weight is 548 g/mol. The number of anilines is 1. The van der Waals surface area contributed by atoms with Gasteiger partial charge in [-0.3, -0.25) is 10.1 Å². The van der Waals surface area contributed by atoms with E-state index in [1.54, 1.807) is 42.5 Å². The molecule has 9 heteroatoms. The molecule has 5 aromatic rings. The first-order chi connectivity index (χ1) is 16.9. The molecule has 0 radical (unpaired) electrons. The molecule has 0 saturated heterocycles. The van der Waals surface area contributed by atoms with Gasteiger partial charge >= 0.3 is 0 Å². The number of aromatic hydroxyl groups is 1. The number of ether oxygens (including phenoxy) is 1. The van der Waals surface area contributed by atoms with Gasteiger partial charge in [-0.05, 0) is 87.5 Å². The third-order valence-corrected chi connectivity index (χ3v) is 6.22. The van der Waals surface area contributed by atoms with Gasteiger partial charge in [0.25, 0.3) is 5.91 Å². The Morgan fingerprint density at radius 1 is 1.06 bits per heavy atom. The summed E-state index contributed by atoms with van der Waals surface area (Å²) in [7, 11) is 1.52. The second-order valence-electron chi connectivity index (χ2n) is 7.68. The lowest BCUT2D eigenvalue weighted by atomic mass is 10.1. The highest BCUT2D eigenvalue weighted by Crippen LogP contribution is 2.32. The van der Waals surface area contributed by atoms with E-state index in [9.17, 15) is 9.90 Å². The second-order valence-corrected chi connectivity index (χ2v) is 8.94. The van der Waals surface area contributed by atoms with Gasteiger partial charge in [0.1, 0.15) is 17.0 Å². The van der Waals surface area contributed by atoms with E-state index in [4.69, 9.17) is 21.4 Å². The van der Waals surface area contributed by atoms with Crippen molar-refractivity contribution in [1.29, 1.82) is 0 Å². The molecule has 0 aliphatic rings. The number of rotatable bonds is 4. The van der Waals surface area contributed by atoms with E-state index in [1.807, 2.05) is 30.3 Å². The number of methoxy groups -OCH3 is 1. The van der Waals surface area contributed by atoms with Gasteiger partial charge in [0, 0.05) is 11.3 Å². The topological polar surface area (TPSA) is 96.6 Å². The van der Waals surface area contributed by atoms with Gasteiger partial charge in [0.05, 0.1) is 17.1 Å². The van der Waals surface area contributed by atoms with Crippen LogP contribution >= 0.6 is 28.1 Å². The minimum absolute atomic E-state index is 0.133. The van der Waals surface area contributed by atoms with Crippen LogP contribution in [0.1, 0.15) is 10.4 Å². The number of phenols is 1. The van der Waals surface area contributed by atoms with Gasteiger partial charge in [-0.25, -0.2) is 4.98 Å². The summed E-state index contributed by atoms with van der Waals surface area (Å²) in [5.74, 6) is 0.625. The standard InChI is InChI=1S/C26H18BrN3O4S/c1-33-23-12-15-5-3-2-4-14(15)10-18(23)24(32)30-26(35)28-17-7-9-22-20(13-17)29-25(34-22)16-6-8-21(31)19(27)11-16/h2-13,31H,1H3,(H2,28,30,32,35). The maximum Gasteiger partial charge on any atom is 0.261 e. The Bertz CT molecular complexity index is 1620. The maximum atomic E-state index is 12.9. The minimum Gasteiger partial charge on any atom is -0.507 e. The van der Waals surface area contributed by atoms with E-state index >= 15 is 0 Å². The number of hydrogen-bond donors (Lipinski definition) is 3. The summed E-state index contributed by atoms with van der Waals surface area (Å²) in [5.41, 5.74) is 2.93. The van der Waals surface area contributed by atoms with Crippen molar-refractivity contribution in [3.05, 3.63) is 82.8 Å². The van der Waals surface area contributed by atoms with E-state index in [1.165, 1.54) is 7.11 Å². The van der Waals surface area contributed by atoms with E-state index in [2.05, 4.69) is 31.5 Å². The number of fused-ring (bicyclic) bond motifs is 2. The van der Waals surface area contributed by atoms with Crippen LogP contribution in [0.4, 0.5) is 5.69 Å². The first-order valence-electron chi connectivity index (χ1n) is 10.5. The Morgan fingerprint density at radius 3 is 2.57 bits per heavy atom. The van der Waals surface area contributed by atoms with Gasteiger partial charge in [-0.15, -0.1) is 0 Å². The van der Waals surface area contributed by atoms with Gasteiger partial charge in [0.15, 0.2) is 10.7 Å². The van der Waals surface area contributed by atoms with Crippen LogP contribution in [-0.4, -0.2) is 28.2 Å². The van der Waals surface area contributed by atoms with Crippen molar-refractivity contribution in [2.75, 3.05) is 12.4 Å². The zero-order chi connectivity index (χ0) is 24.5. The Labute approximate surface area is 213 Å². The van der Waals surface area contributed by atoms with Crippen LogP contribution in [0.5, 0.6) is 11.5 Å². The molecule has 7 nitrogen and oxygen atoms in total. The van der Waals surface area contributed by atoms with Crippen LogP contribution < -0.4 is 15.4 Å². The highest BCUT2D eigenvalue weighted by atomic mass is 79.9. The molecule has 0 unspecified atom stereocenters. The third-order valence-electron chi connectivity index (χ3n) is 5.38. The van der Waals surface area contributed by atoms with Gasteiger partial charge in [0.2, 0.25) is 5.89 Å². The van der Waals surface area contributed by atoms with Crippen LogP contribution in [0.15, 0.2) is 81.7 Å². The van der Waals surface area contributed by atoms with Crippen molar-refractivity contribution < 1.29 is 19.1 Å². The number of nitrogens with one attached hydrogen (secondary N) is 2. The van der Waals surface area contributed by atoms with E-state index in [-0.39, 0.29) is 16.8 Å². The number of oxazole rings is 1. The Morgan fingerprint density at radius 2 is 1.83 bits per heavy atom. The molecule has 0 saturated carbocycles. The molecule has 0 atom stereocenters. The molecule has 4 aromatic carbocycles. The van der Waals surface area contributed by atoms with Crippen LogP contribution in [0, 0.1) is 0 Å². The minimum atomic E-state index is -0.382. The molecule has 1 amide bonds. The lowest BCUT2D eigenvalue weighted by molar-refractivity contribution is 0.0975. The molecule has 5 rings (SSSR count). The number of halogens is 1. The highest BCUT2D eigenvalue weighted by molar-refractivity contribution is 9.10. The first-order valence-corrected chi connectivity index (χ1v) is 11.7. The fourth-order valence-electron chi connectivity index (χ4n) is 3.67. The van der Waals surface area contributed by atoms with Crippen molar-refractivity contribution in [2.45, 2.75) is 0 Å². The van der Waals surface area contributed by atoms with E-state index < -0.39 is 0 Å². The second kappa shape index (κ2) is 9.36. The molecule has 0 spiro atoms. The molecule has 0 fully saturated rings.